The molecule has 1 aliphatic carbocycles. The largest absolute Gasteiger partial charge is 0.471 e. The number of hydrogen-bond donors (Lipinski definition) is 2. The Morgan fingerprint density at radius 1 is 0.867 bits per heavy atom. The number of carbonyl (C=O) groups excluding carboxylic acids is 3. The fourth-order valence-corrected chi connectivity index (χ4v) is 5.42. The van der Waals surface area contributed by atoms with Crippen molar-refractivity contribution in [2.24, 2.45) is 5.92 Å². The van der Waals surface area contributed by atoms with Crippen molar-refractivity contribution in [2.75, 3.05) is 22.6 Å². The maximum atomic E-state index is 15.0. The van der Waals surface area contributed by atoms with Crippen LogP contribution in [0.1, 0.15) is 27.4 Å². The van der Waals surface area contributed by atoms with Gasteiger partial charge in [0.25, 0.3) is 5.91 Å². The molecule has 1 unspecified atom stereocenters. The average Bonchev–Trinajstić information content (AvgIpc) is 3.51. The van der Waals surface area contributed by atoms with Crippen LogP contribution >= 0.6 is 34.8 Å². The van der Waals surface area contributed by atoms with Crippen molar-refractivity contribution in [3.8, 4) is 0 Å². The molecular formula is C27H15Cl3F9N3O3. The number of anilines is 3. The number of benzene rings is 3. The van der Waals surface area contributed by atoms with E-state index in [1.807, 2.05) is 0 Å². The summed E-state index contributed by atoms with van der Waals surface area (Å²) in [6.45, 7) is 0. The van der Waals surface area contributed by atoms with Crippen LogP contribution in [0.25, 0.3) is 0 Å². The Hall–Kier alpha value is -3.69. The van der Waals surface area contributed by atoms with Crippen molar-refractivity contribution in [1.29, 1.82) is 0 Å². The molecule has 45 heavy (non-hydrogen) atoms. The van der Waals surface area contributed by atoms with Gasteiger partial charge >= 0.3 is 18.3 Å². The van der Waals surface area contributed by atoms with E-state index < -0.39 is 86.2 Å². The number of halogens is 12. The van der Waals surface area contributed by atoms with Crippen LogP contribution in [-0.4, -0.2) is 35.3 Å². The van der Waals surface area contributed by atoms with Crippen LogP contribution in [0.4, 0.5) is 56.6 Å². The van der Waals surface area contributed by atoms with Crippen molar-refractivity contribution >= 4 is 69.6 Å². The molecule has 3 amide bonds. The summed E-state index contributed by atoms with van der Waals surface area (Å²) in [5.74, 6) is -12.0. The predicted molar refractivity (Wildman–Crippen MR) is 146 cm³/mol. The molecular weight excluding hydrogens is 692 g/mol. The van der Waals surface area contributed by atoms with Gasteiger partial charge in [-0.05, 0) is 48.0 Å². The molecule has 1 saturated carbocycles. The molecule has 0 radical (unpaired) electrons. The zero-order chi connectivity index (χ0) is 33.8. The fourth-order valence-electron chi connectivity index (χ4n) is 4.40. The molecule has 0 heterocycles. The molecule has 0 spiro atoms. The number of carbonyl (C=O) groups is 3. The molecule has 6 nitrogen and oxygen atoms in total. The van der Waals surface area contributed by atoms with Gasteiger partial charge in [-0.2, -0.15) is 26.3 Å². The Morgan fingerprint density at radius 3 is 2.09 bits per heavy atom. The predicted octanol–water partition coefficient (Wildman–Crippen LogP) is 8.08. The fraction of sp³-hybridized carbons (Fsp3) is 0.222. The van der Waals surface area contributed by atoms with Crippen LogP contribution in [-0.2, 0) is 15.8 Å². The summed E-state index contributed by atoms with van der Waals surface area (Å²) in [7, 11) is 0.956. The van der Waals surface area contributed by atoms with Crippen molar-refractivity contribution in [2.45, 2.75) is 22.6 Å². The lowest BCUT2D eigenvalue weighted by atomic mass is 10.0. The highest BCUT2D eigenvalue weighted by molar-refractivity contribution is 6.53. The number of hydrogen-bond acceptors (Lipinski definition) is 3. The lowest BCUT2D eigenvalue weighted by Crippen LogP contribution is -2.32. The van der Waals surface area contributed by atoms with Gasteiger partial charge in [0.1, 0.15) is 21.7 Å². The Labute approximate surface area is 262 Å². The second-order valence-corrected chi connectivity index (χ2v) is 11.5. The van der Waals surface area contributed by atoms with Crippen molar-refractivity contribution < 1.29 is 53.9 Å². The maximum Gasteiger partial charge on any atom is 0.471 e. The van der Waals surface area contributed by atoms with Gasteiger partial charge in [0.05, 0.1) is 27.8 Å². The van der Waals surface area contributed by atoms with Crippen LogP contribution < -0.4 is 15.5 Å². The van der Waals surface area contributed by atoms with E-state index in [0.717, 1.165) is 30.6 Å². The van der Waals surface area contributed by atoms with Gasteiger partial charge in [-0.3, -0.25) is 14.4 Å². The molecule has 1 aliphatic rings. The Kier molecular flexibility index (Phi) is 9.05. The van der Waals surface area contributed by atoms with Gasteiger partial charge in [0.2, 0.25) is 5.91 Å². The number of nitrogens with zero attached hydrogens (tertiary/aromatic N) is 1. The third-order valence-corrected chi connectivity index (χ3v) is 7.96. The van der Waals surface area contributed by atoms with Gasteiger partial charge in [0, 0.05) is 18.7 Å². The molecule has 0 aliphatic heterocycles. The quantitative estimate of drug-likeness (QED) is 0.201. The summed E-state index contributed by atoms with van der Waals surface area (Å²) >= 11 is 18.5. The number of amides is 3. The van der Waals surface area contributed by atoms with Gasteiger partial charge in [-0.1, -0.05) is 17.7 Å². The second-order valence-electron chi connectivity index (χ2n) is 9.62. The van der Waals surface area contributed by atoms with E-state index >= 15 is 4.39 Å². The number of nitrogens with one attached hydrogen (secondary N) is 2. The first kappa shape index (κ1) is 34.2. The summed E-state index contributed by atoms with van der Waals surface area (Å²) in [4.78, 5) is 38.0. The molecule has 240 valence electrons. The minimum Gasteiger partial charge on any atom is -0.326 e. The first-order valence-electron chi connectivity index (χ1n) is 12.1. The number of rotatable bonds is 6. The van der Waals surface area contributed by atoms with E-state index in [2.05, 4.69) is 5.32 Å². The van der Waals surface area contributed by atoms with Gasteiger partial charge in [-0.25, -0.2) is 13.2 Å². The summed E-state index contributed by atoms with van der Waals surface area (Å²) in [6.07, 6.45) is -10.5. The molecule has 0 bridgehead atoms. The third kappa shape index (κ3) is 6.79. The van der Waals surface area contributed by atoms with Crippen molar-refractivity contribution in [3.63, 3.8) is 0 Å². The van der Waals surface area contributed by atoms with Crippen LogP contribution in [0.5, 0.6) is 0 Å². The SMILES string of the molecule is CN(C(=O)c1cc(NC(=O)[C@H]2C(c3ccc(F)c(C(F)(F)F)c3)C2(Cl)Cl)ccc1Cl)c1ccc(F)c(NC(=O)C(F)(F)F)c1F. The lowest BCUT2D eigenvalue weighted by molar-refractivity contribution is -0.167. The normalized spacial score (nSPS) is 17.4. The Balaban J connectivity index is 1.57. The molecule has 3 aromatic carbocycles. The van der Waals surface area contributed by atoms with Gasteiger partial charge in [-0.15, -0.1) is 23.2 Å². The maximum absolute atomic E-state index is 15.0. The molecule has 18 heteroatoms. The van der Waals surface area contributed by atoms with Crippen LogP contribution in [0.3, 0.4) is 0 Å². The molecule has 0 aromatic heterocycles. The number of alkyl halides is 8. The molecule has 2 atom stereocenters. The average molecular weight is 707 g/mol. The van der Waals surface area contributed by atoms with E-state index in [4.69, 9.17) is 34.8 Å². The van der Waals surface area contributed by atoms with Crippen LogP contribution in [0.2, 0.25) is 5.02 Å². The van der Waals surface area contributed by atoms with E-state index in [0.29, 0.717) is 29.2 Å². The van der Waals surface area contributed by atoms with Crippen LogP contribution in [0.15, 0.2) is 48.5 Å². The third-order valence-electron chi connectivity index (χ3n) is 6.69. The standard InChI is InChI=1S/C27H15Cl3F9N3O3/c1-42(17-7-6-16(32)21(20(17)33)41-24(45)27(37,38)39)23(44)12-9-11(3-4-14(12)28)40-22(43)19-18(25(19,29)30)10-2-5-15(31)13(8-10)26(34,35)36/h2-9,18-19H,1H3,(H,40,43)(H,41,45)/t18?,19-/m1/s1. The first-order chi connectivity index (χ1) is 20.7. The summed E-state index contributed by atoms with van der Waals surface area (Å²) in [5, 5.41) is 3.18. The monoisotopic (exact) mass is 705 g/mol. The highest BCUT2D eigenvalue weighted by Gasteiger charge is 2.67. The van der Waals surface area contributed by atoms with E-state index in [1.165, 1.54) is 6.07 Å². The second kappa shape index (κ2) is 11.9. The zero-order valence-electron chi connectivity index (χ0n) is 22.0. The Bertz CT molecular complexity index is 1710. The molecule has 3 aromatic rings. The molecule has 2 N–H and O–H groups in total. The molecule has 4 rings (SSSR count). The Morgan fingerprint density at radius 2 is 1.49 bits per heavy atom. The minimum absolute atomic E-state index is 0.122. The lowest BCUT2D eigenvalue weighted by Gasteiger charge is -2.21. The highest BCUT2D eigenvalue weighted by atomic mass is 35.5. The summed E-state index contributed by atoms with van der Waals surface area (Å²) in [5.41, 5.74) is -4.53. The van der Waals surface area contributed by atoms with Crippen molar-refractivity contribution in [3.05, 3.63) is 87.7 Å². The van der Waals surface area contributed by atoms with E-state index in [9.17, 15) is 49.5 Å². The van der Waals surface area contributed by atoms with Gasteiger partial charge < -0.3 is 15.5 Å². The van der Waals surface area contributed by atoms with E-state index in [-0.39, 0.29) is 16.3 Å². The van der Waals surface area contributed by atoms with Gasteiger partial charge in [0.15, 0.2) is 5.82 Å². The summed E-state index contributed by atoms with van der Waals surface area (Å²) < 4.78 is 118. The highest BCUT2D eigenvalue weighted by Crippen LogP contribution is 2.65. The molecule has 0 saturated heterocycles. The van der Waals surface area contributed by atoms with Crippen LogP contribution in [0, 0.1) is 23.4 Å². The summed E-state index contributed by atoms with van der Waals surface area (Å²) in [6, 6.07) is 6.58. The first-order valence-corrected chi connectivity index (χ1v) is 13.3. The molecule has 1 fully saturated rings. The zero-order valence-corrected chi connectivity index (χ0v) is 24.2. The van der Waals surface area contributed by atoms with Crippen molar-refractivity contribution in [1.82, 2.24) is 0 Å². The smallest absolute Gasteiger partial charge is 0.326 e. The topological polar surface area (TPSA) is 78.5 Å². The van der Waals surface area contributed by atoms with E-state index in [1.54, 1.807) is 0 Å². The minimum atomic E-state index is -5.48.